The van der Waals surface area contributed by atoms with E-state index in [4.69, 9.17) is 9.72 Å². The number of pyridine rings is 1. The first kappa shape index (κ1) is 25.6. The van der Waals surface area contributed by atoms with Crippen molar-refractivity contribution in [3.05, 3.63) is 138 Å². The third-order valence-electron chi connectivity index (χ3n) is 7.64. The molecule has 4 aromatic carbocycles. The standard InChI is InChI=1S/C36H31N5O/c1-25-18-26(2)35(27(3)19-25)40-24-39(36-34(40)16-9-17-37-36)30-12-7-14-32(20-30)42-33-15-8-13-31(21-33)41-23-29(22-38-41)28-10-5-4-6-11-28/h4-23H,24H2,1-3H3. The van der Waals surface area contributed by atoms with Crippen LogP contribution in [-0.4, -0.2) is 21.4 Å². The molecule has 206 valence electrons. The summed E-state index contributed by atoms with van der Waals surface area (Å²) in [6, 6.07) is 35.1. The average Bonchev–Trinajstić information content (AvgIpc) is 3.64. The maximum atomic E-state index is 6.38. The second-order valence-corrected chi connectivity index (χ2v) is 10.7. The Morgan fingerprint density at radius 1 is 0.667 bits per heavy atom. The molecule has 1 aliphatic rings. The summed E-state index contributed by atoms with van der Waals surface area (Å²) in [7, 11) is 0. The molecule has 7 rings (SSSR count). The van der Waals surface area contributed by atoms with Gasteiger partial charge in [-0.2, -0.15) is 5.10 Å². The summed E-state index contributed by atoms with van der Waals surface area (Å²) in [4.78, 5) is 9.39. The van der Waals surface area contributed by atoms with Gasteiger partial charge in [-0.05, 0) is 73.9 Å². The highest BCUT2D eigenvalue weighted by Crippen LogP contribution is 2.45. The van der Waals surface area contributed by atoms with Gasteiger partial charge in [0.25, 0.3) is 0 Å². The topological polar surface area (TPSA) is 46.4 Å². The Morgan fingerprint density at radius 2 is 1.38 bits per heavy atom. The monoisotopic (exact) mass is 549 g/mol. The molecule has 0 saturated carbocycles. The molecule has 0 unspecified atom stereocenters. The van der Waals surface area contributed by atoms with Gasteiger partial charge < -0.3 is 14.5 Å². The molecular formula is C36H31N5O. The van der Waals surface area contributed by atoms with Crippen LogP contribution < -0.4 is 14.5 Å². The Balaban J connectivity index is 1.16. The molecule has 42 heavy (non-hydrogen) atoms. The number of aromatic nitrogens is 3. The van der Waals surface area contributed by atoms with E-state index in [0.717, 1.165) is 45.5 Å². The summed E-state index contributed by atoms with van der Waals surface area (Å²) in [6.45, 7) is 7.18. The molecule has 0 amide bonds. The van der Waals surface area contributed by atoms with Crippen LogP contribution in [0.2, 0.25) is 0 Å². The van der Waals surface area contributed by atoms with Crippen molar-refractivity contribution in [3.63, 3.8) is 0 Å². The fourth-order valence-electron chi connectivity index (χ4n) is 5.87. The summed E-state index contributed by atoms with van der Waals surface area (Å²) in [5.74, 6) is 2.44. The molecule has 0 N–H and O–H groups in total. The molecule has 0 spiro atoms. The van der Waals surface area contributed by atoms with Gasteiger partial charge in [-0.3, -0.25) is 0 Å². The van der Waals surface area contributed by atoms with E-state index in [1.165, 1.54) is 22.4 Å². The SMILES string of the molecule is Cc1cc(C)c(N2CN(c3cccc(Oc4cccc(-n5cc(-c6ccccc6)cn5)c4)c3)c3ncccc32)c(C)c1. The minimum atomic E-state index is 0.666. The molecule has 0 saturated heterocycles. The summed E-state index contributed by atoms with van der Waals surface area (Å²) in [5, 5.41) is 4.59. The molecule has 6 nitrogen and oxygen atoms in total. The van der Waals surface area contributed by atoms with Gasteiger partial charge in [-0.1, -0.05) is 60.2 Å². The van der Waals surface area contributed by atoms with E-state index in [1.807, 2.05) is 83.9 Å². The van der Waals surface area contributed by atoms with Crippen LogP contribution in [0.1, 0.15) is 16.7 Å². The number of benzene rings is 4. The Hall–Kier alpha value is -5.36. The van der Waals surface area contributed by atoms with Gasteiger partial charge in [-0.25, -0.2) is 9.67 Å². The molecule has 3 heterocycles. The molecule has 6 heteroatoms. The zero-order chi connectivity index (χ0) is 28.6. The first-order chi connectivity index (χ1) is 20.5. The fourth-order valence-corrected chi connectivity index (χ4v) is 5.87. The summed E-state index contributed by atoms with van der Waals surface area (Å²) >= 11 is 0. The Morgan fingerprint density at radius 3 is 2.14 bits per heavy atom. The first-order valence-corrected chi connectivity index (χ1v) is 14.1. The van der Waals surface area contributed by atoms with E-state index in [1.54, 1.807) is 0 Å². The van der Waals surface area contributed by atoms with Crippen LogP contribution in [0.4, 0.5) is 22.9 Å². The molecular weight excluding hydrogens is 518 g/mol. The molecule has 0 fully saturated rings. The van der Waals surface area contributed by atoms with E-state index in [0.29, 0.717) is 6.67 Å². The number of rotatable bonds is 6. The molecule has 0 radical (unpaired) electrons. The predicted octanol–water partition coefficient (Wildman–Crippen LogP) is 8.90. The van der Waals surface area contributed by atoms with E-state index < -0.39 is 0 Å². The summed E-state index contributed by atoms with van der Waals surface area (Å²) in [6.07, 6.45) is 5.78. The van der Waals surface area contributed by atoms with Crippen LogP contribution in [0.3, 0.4) is 0 Å². The number of fused-ring (bicyclic) bond motifs is 1. The lowest BCUT2D eigenvalue weighted by Gasteiger charge is -2.25. The molecule has 0 atom stereocenters. The lowest BCUT2D eigenvalue weighted by atomic mass is 10.0. The molecule has 0 aliphatic carbocycles. The lowest BCUT2D eigenvalue weighted by molar-refractivity contribution is 0.482. The average molecular weight is 550 g/mol. The highest BCUT2D eigenvalue weighted by molar-refractivity contribution is 5.86. The number of ether oxygens (including phenoxy) is 1. The second-order valence-electron chi connectivity index (χ2n) is 10.7. The van der Waals surface area contributed by atoms with Crippen LogP contribution in [0.5, 0.6) is 11.5 Å². The van der Waals surface area contributed by atoms with Gasteiger partial charge in [0.05, 0.1) is 17.6 Å². The Bertz CT molecular complexity index is 1870. The van der Waals surface area contributed by atoms with Gasteiger partial charge in [0.15, 0.2) is 5.82 Å². The normalized spacial score (nSPS) is 12.5. The summed E-state index contributed by atoms with van der Waals surface area (Å²) < 4.78 is 8.26. The number of hydrogen-bond acceptors (Lipinski definition) is 5. The Kier molecular flexibility index (Phi) is 6.44. The van der Waals surface area contributed by atoms with Crippen molar-refractivity contribution in [1.82, 2.24) is 14.8 Å². The number of aryl methyl sites for hydroxylation is 3. The zero-order valence-corrected chi connectivity index (χ0v) is 23.9. The van der Waals surface area contributed by atoms with Crippen LogP contribution in [0.15, 0.2) is 122 Å². The van der Waals surface area contributed by atoms with E-state index in [2.05, 4.69) is 78.1 Å². The van der Waals surface area contributed by atoms with Crippen molar-refractivity contribution in [2.75, 3.05) is 16.5 Å². The minimum absolute atomic E-state index is 0.666. The van der Waals surface area contributed by atoms with Crippen molar-refractivity contribution in [2.24, 2.45) is 0 Å². The highest BCUT2D eigenvalue weighted by Gasteiger charge is 2.31. The lowest BCUT2D eigenvalue weighted by Crippen LogP contribution is -2.25. The van der Waals surface area contributed by atoms with Crippen molar-refractivity contribution >= 4 is 22.9 Å². The van der Waals surface area contributed by atoms with E-state index >= 15 is 0 Å². The van der Waals surface area contributed by atoms with Crippen LogP contribution >= 0.6 is 0 Å². The second kappa shape index (κ2) is 10.6. The van der Waals surface area contributed by atoms with E-state index in [-0.39, 0.29) is 0 Å². The fraction of sp³-hybridized carbons (Fsp3) is 0.111. The largest absolute Gasteiger partial charge is 0.457 e. The molecule has 6 aromatic rings. The van der Waals surface area contributed by atoms with Crippen LogP contribution in [0.25, 0.3) is 16.8 Å². The van der Waals surface area contributed by atoms with Gasteiger partial charge in [0.1, 0.15) is 18.2 Å². The smallest absolute Gasteiger partial charge is 0.158 e. The molecule has 2 aromatic heterocycles. The van der Waals surface area contributed by atoms with Crippen LogP contribution in [-0.2, 0) is 0 Å². The number of anilines is 4. The molecule has 0 bridgehead atoms. The van der Waals surface area contributed by atoms with Crippen LogP contribution in [0, 0.1) is 20.8 Å². The van der Waals surface area contributed by atoms with Crippen molar-refractivity contribution in [2.45, 2.75) is 20.8 Å². The maximum absolute atomic E-state index is 6.38. The first-order valence-electron chi connectivity index (χ1n) is 14.1. The quantitative estimate of drug-likeness (QED) is 0.208. The number of nitrogens with zero attached hydrogens (tertiary/aromatic N) is 5. The zero-order valence-electron chi connectivity index (χ0n) is 23.9. The minimum Gasteiger partial charge on any atom is -0.457 e. The van der Waals surface area contributed by atoms with E-state index in [9.17, 15) is 0 Å². The van der Waals surface area contributed by atoms with Crippen molar-refractivity contribution < 1.29 is 4.74 Å². The predicted molar refractivity (Wildman–Crippen MR) is 170 cm³/mol. The van der Waals surface area contributed by atoms with Gasteiger partial charge in [0, 0.05) is 41.5 Å². The third kappa shape index (κ3) is 4.77. The third-order valence-corrected chi connectivity index (χ3v) is 7.64. The molecule has 1 aliphatic heterocycles. The van der Waals surface area contributed by atoms with Gasteiger partial charge >= 0.3 is 0 Å². The van der Waals surface area contributed by atoms with Crippen molar-refractivity contribution in [3.8, 4) is 28.3 Å². The van der Waals surface area contributed by atoms with Crippen molar-refractivity contribution in [1.29, 1.82) is 0 Å². The van der Waals surface area contributed by atoms with Gasteiger partial charge in [-0.15, -0.1) is 0 Å². The summed E-state index contributed by atoms with van der Waals surface area (Å²) in [5.41, 5.74) is 10.3. The Labute approximate surface area is 246 Å². The highest BCUT2D eigenvalue weighted by atomic mass is 16.5. The maximum Gasteiger partial charge on any atom is 0.158 e. The number of hydrogen-bond donors (Lipinski definition) is 0. The van der Waals surface area contributed by atoms with Gasteiger partial charge in [0.2, 0.25) is 0 Å².